The molecule has 0 aliphatic heterocycles. The Hall–Kier alpha value is -1.24. The number of methoxy groups -OCH3 is 1. The number of carboxylic acid groups (broad SMARTS) is 1. The average molecular weight is 360 g/mol. The van der Waals surface area contributed by atoms with Crippen molar-refractivity contribution in [1.29, 1.82) is 0 Å². The molecule has 1 atom stereocenters. The van der Waals surface area contributed by atoms with Crippen molar-refractivity contribution in [1.82, 2.24) is 5.32 Å². The van der Waals surface area contributed by atoms with Crippen LogP contribution < -0.4 is 5.32 Å². The first-order valence-corrected chi connectivity index (χ1v) is 8.61. The molecule has 0 bridgehead atoms. The molecule has 0 aliphatic rings. The maximum atomic E-state index is 12.0. The second kappa shape index (κ2) is 9.80. The maximum absolute atomic E-state index is 12.0. The molecule has 1 amide bonds. The zero-order chi connectivity index (χ0) is 17.3. The number of rotatable bonds is 10. The van der Waals surface area contributed by atoms with Gasteiger partial charge in [-0.25, -0.2) is 0 Å². The molecule has 5 nitrogen and oxygen atoms in total. The lowest BCUT2D eigenvalue weighted by Crippen LogP contribution is -2.50. The lowest BCUT2D eigenvalue weighted by Gasteiger charge is -2.28. The fraction of sp³-hybridized carbons (Fsp3) is 0.500. The van der Waals surface area contributed by atoms with Crippen LogP contribution in [0.3, 0.4) is 0 Å². The van der Waals surface area contributed by atoms with E-state index in [1.807, 2.05) is 24.3 Å². The third-order valence-electron chi connectivity index (χ3n) is 3.08. The Morgan fingerprint density at radius 1 is 1.35 bits per heavy atom. The number of carbonyl (C=O) groups is 2. The summed E-state index contributed by atoms with van der Waals surface area (Å²) in [5.74, 6) is -0.333. The Balaban J connectivity index is 2.34. The molecule has 7 heteroatoms. The second-order valence-corrected chi connectivity index (χ2v) is 7.12. The van der Waals surface area contributed by atoms with Crippen molar-refractivity contribution >= 4 is 35.2 Å². The van der Waals surface area contributed by atoms with Crippen LogP contribution in [-0.4, -0.2) is 42.0 Å². The van der Waals surface area contributed by atoms with Gasteiger partial charge in [-0.05, 0) is 43.4 Å². The molecule has 1 aromatic rings. The van der Waals surface area contributed by atoms with E-state index in [4.69, 9.17) is 21.4 Å². The van der Waals surface area contributed by atoms with Crippen LogP contribution in [0.5, 0.6) is 0 Å². The highest BCUT2D eigenvalue weighted by Gasteiger charge is 2.29. The smallest absolute Gasteiger partial charge is 0.305 e. The van der Waals surface area contributed by atoms with Crippen molar-refractivity contribution in [2.75, 3.05) is 19.5 Å². The monoisotopic (exact) mass is 359 g/mol. The number of carbonyl (C=O) groups excluding carboxylic acids is 1. The Morgan fingerprint density at radius 2 is 2.00 bits per heavy atom. The molecule has 0 saturated carbocycles. The summed E-state index contributed by atoms with van der Waals surface area (Å²) in [7, 11) is 1.48. The molecular weight excluding hydrogens is 338 g/mol. The van der Waals surface area contributed by atoms with Crippen LogP contribution in [0.25, 0.3) is 0 Å². The number of thioether (sulfide) groups is 1. The van der Waals surface area contributed by atoms with Gasteiger partial charge in [-0.1, -0.05) is 11.6 Å². The summed E-state index contributed by atoms with van der Waals surface area (Å²) in [6, 6.07) is 7.54. The van der Waals surface area contributed by atoms with E-state index < -0.39 is 11.5 Å². The van der Waals surface area contributed by atoms with Gasteiger partial charge < -0.3 is 15.2 Å². The zero-order valence-electron chi connectivity index (χ0n) is 13.3. The Bertz CT molecular complexity index is 523. The molecule has 1 rings (SSSR count). The second-order valence-electron chi connectivity index (χ2n) is 5.52. The van der Waals surface area contributed by atoms with Gasteiger partial charge in [0.15, 0.2) is 0 Å². The summed E-state index contributed by atoms with van der Waals surface area (Å²) >= 11 is 7.48. The molecule has 0 saturated heterocycles. The third kappa shape index (κ3) is 8.25. The van der Waals surface area contributed by atoms with E-state index in [9.17, 15) is 9.59 Å². The van der Waals surface area contributed by atoms with Crippen molar-refractivity contribution in [3.05, 3.63) is 29.3 Å². The van der Waals surface area contributed by atoms with Gasteiger partial charge in [0, 0.05) is 23.4 Å². The number of carboxylic acids is 1. The van der Waals surface area contributed by atoms with E-state index in [1.165, 1.54) is 7.11 Å². The zero-order valence-corrected chi connectivity index (χ0v) is 14.9. The summed E-state index contributed by atoms with van der Waals surface area (Å²) in [4.78, 5) is 24.0. The minimum atomic E-state index is -0.969. The van der Waals surface area contributed by atoms with Crippen molar-refractivity contribution < 1.29 is 19.4 Å². The van der Waals surface area contributed by atoms with Crippen LogP contribution in [0.1, 0.15) is 26.2 Å². The molecule has 0 radical (unpaired) electrons. The highest BCUT2D eigenvalue weighted by molar-refractivity contribution is 7.99. The normalized spacial score (nSPS) is 13.3. The molecule has 128 valence electrons. The van der Waals surface area contributed by atoms with Crippen molar-refractivity contribution in [3.63, 3.8) is 0 Å². The first kappa shape index (κ1) is 19.8. The molecule has 23 heavy (non-hydrogen) atoms. The Labute approximate surface area is 145 Å². The summed E-state index contributed by atoms with van der Waals surface area (Å²) < 4.78 is 5.01. The van der Waals surface area contributed by atoms with Gasteiger partial charge in [-0.3, -0.25) is 9.59 Å². The van der Waals surface area contributed by atoms with Gasteiger partial charge >= 0.3 is 5.97 Å². The molecule has 0 fully saturated rings. The first-order valence-electron chi connectivity index (χ1n) is 7.25. The maximum Gasteiger partial charge on any atom is 0.305 e. The van der Waals surface area contributed by atoms with Gasteiger partial charge in [0.05, 0.1) is 18.6 Å². The topological polar surface area (TPSA) is 75.6 Å². The highest BCUT2D eigenvalue weighted by atomic mass is 35.5. The van der Waals surface area contributed by atoms with Gasteiger partial charge in [-0.15, -0.1) is 11.8 Å². The molecule has 0 heterocycles. The van der Waals surface area contributed by atoms with Crippen molar-refractivity contribution in [3.8, 4) is 0 Å². The van der Waals surface area contributed by atoms with E-state index in [0.717, 1.165) is 10.6 Å². The molecule has 2 N–H and O–H groups in total. The molecule has 1 unspecified atom stereocenters. The van der Waals surface area contributed by atoms with Gasteiger partial charge in [0.1, 0.15) is 0 Å². The standard InChI is InChI=1S/C16H22ClNO4S/c1-16(11-22-2,10-15(20)21)18-14(19)4-3-9-23-13-7-5-12(17)6-8-13/h5-8H,3-4,9-11H2,1-2H3,(H,18,19)(H,20,21). The van der Waals surface area contributed by atoms with Gasteiger partial charge in [0.2, 0.25) is 5.91 Å². The fourth-order valence-electron chi connectivity index (χ4n) is 2.14. The summed E-state index contributed by atoms with van der Waals surface area (Å²) in [6.07, 6.45) is 0.876. The van der Waals surface area contributed by atoms with Crippen molar-refractivity contribution in [2.24, 2.45) is 0 Å². The average Bonchev–Trinajstić information content (AvgIpc) is 2.44. The van der Waals surface area contributed by atoms with E-state index >= 15 is 0 Å². The first-order chi connectivity index (χ1) is 10.8. The number of nitrogens with one attached hydrogen (secondary N) is 1. The molecular formula is C16H22ClNO4S. The number of hydrogen-bond acceptors (Lipinski definition) is 4. The largest absolute Gasteiger partial charge is 0.481 e. The van der Waals surface area contributed by atoms with Crippen LogP contribution in [0.2, 0.25) is 5.02 Å². The van der Waals surface area contributed by atoms with Crippen LogP contribution in [0.4, 0.5) is 0 Å². The lowest BCUT2D eigenvalue weighted by molar-refractivity contribution is -0.139. The molecule has 0 aliphatic carbocycles. The Morgan fingerprint density at radius 3 is 2.57 bits per heavy atom. The summed E-state index contributed by atoms with van der Waals surface area (Å²) in [5, 5.41) is 12.4. The van der Waals surface area contributed by atoms with Gasteiger partial charge in [-0.2, -0.15) is 0 Å². The van der Waals surface area contributed by atoms with Crippen molar-refractivity contribution in [2.45, 2.75) is 36.6 Å². The molecule has 1 aromatic carbocycles. The number of aliphatic carboxylic acids is 1. The predicted octanol–water partition coefficient (Wildman–Crippen LogP) is 3.21. The summed E-state index contributed by atoms with van der Waals surface area (Å²) in [5.41, 5.74) is -0.888. The highest BCUT2D eigenvalue weighted by Crippen LogP contribution is 2.21. The third-order valence-corrected chi connectivity index (χ3v) is 4.43. The molecule has 0 aromatic heterocycles. The number of hydrogen-bond donors (Lipinski definition) is 2. The Kier molecular flexibility index (Phi) is 8.44. The minimum absolute atomic E-state index is 0.157. The fourth-order valence-corrected chi connectivity index (χ4v) is 3.12. The van der Waals surface area contributed by atoms with Crippen LogP contribution in [0.15, 0.2) is 29.2 Å². The number of ether oxygens (including phenoxy) is 1. The minimum Gasteiger partial charge on any atom is -0.481 e. The van der Waals surface area contributed by atoms with E-state index in [0.29, 0.717) is 17.9 Å². The molecule has 0 spiro atoms. The van der Waals surface area contributed by atoms with Gasteiger partial charge in [0.25, 0.3) is 0 Å². The van der Waals surface area contributed by atoms with E-state index in [1.54, 1.807) is 18.7 Å². The van der Waals surface area contributed by atoms with E-state index in [-0.39, 0.29) is 18.9 Å². The lowest BCUT2D eigenvalue weighted by atomic mass is 9.98. The number of amides is 1. The number of benzene rings is 1. The van der Waals surface area contributed by atoms with Crippen LogP contribution >= 0.6 is 23.4 Å². The number of halogens is 1. The quantitative estimate of drug-likeness (QED) is 0.495. The van der Waals surface area contributed by atoms with Crippen LogP contribution in [0, 0.1) is 0 Å². The SMILES string of the molecule is COCC(C)(CC(=O)O)NC(=O)CCCSc1ccc(Cl)cc1. The predicted molar refractivity (Wildman–Crippen MR) is 92.1 cm³/mol. The summed E-state index contributed by atoms with van der Waals surface area (Å²) in [6.45, 7) is 1.83. The van der Waals surface area contributed by atoms with Crippen LogP contribution in [-0.2, 0) is 14.3 Å². The van der Waals surface area contributed by atoms with E-state index in [2.05, 4.69) is 5.32 Å².